The third kappa shape index (κ3) is 2.69. The van der Waals surface area contributed by atoms with Crippen molar-refractivity contribution in [1.29, 1.82) is 0 Å². The van der Waals surface area contributed by atoms with Gasteiger partial charge in [0, 0.05) is 24.2 Å². The number of aryl methyl sites for hydroxylation is 2. The average Bonchev–Trinajstić information content (AvgIpc) is 2.49. The Morgan fingerprint density at radius 3 is 2.73 bits per heavy atom. The number of nitrogens with zero attached hydrogens (tertiary/aromatic N) is 2. The summed E-state index contributed by atoms with van der Waals surface area (Å²) in [7, 11) is 0. The van der Waals surface area contributed by atoms with Crippen LogP contribution in [0.2, 0.25) is 0 Å². The van der Waals surface area contributed by atoms with Gasteiger partial charge in [-0.15, -0.1) is 0 Å². The summed E-state index contributed by atoms with van der Waals surface area (Å²) in [4.78, 5) is 18.9. The summed E-state index contributed by atoms with van der Waals surface area (Å²) in [5.74, 6) is -0.118. The second kappa shape index (κ2) is 5.66. The van der Waals surface area contributed by atoms with Crippen molar-refractivity contribution in [2.45, 2.75) is 32.5 Å². The minimum absolute atomic E-state index is 0.118. The van der Waals surface area contributed by atoms with Crippen LogP contribution in [0.3, 0.4) is 0 Å². The first-order valence-corrected chi connectivity index (χ1v) is 7.49. The lowest BCUT2D eigenvalue weighted by molar-refractivity contribution is -0.0321. The Morgan fingerprint density at radius 1 is 1.23 bits per heavy atom. The van der Waals surface area contributed by atoms with Crippen LogP contribution in [0.15, 0.2) is 24.3 Å². The largest absolute Gasteiger partial charge is 0.390 e. The van der Waals surface area contributed by atoms with Gasteiger partial charge in [0.1, 0.15) is 0 Å². The molecule has 2 atom stereocenters. The first-order valence-electron chi connectivity index (χ1n) is 7.49. The molecule has 1 saturated heterocycles. The van der Waals surface area contributed by atoms with Gasteiger partial charge in [0.2, 0.25) is 0 Å². The van der Waals surface area contributed by atoms with Gasteiger partial charge in [0.05, 0.1) is 23.3 Å². The molecule has 2 N–H and O–H groups in total. The molecular weight excluding hydrogens is 280 g/mol. The molecule has 0 unspecified atom stereocenters. The number of piperidine rings is 1. The number of rotatable bonds is 1. The van der Waals surface area contributed by atoms with Gasteiger partial charge in [-0.25, -0.2) is 0 Å². The van der Waals surface area contributed by atoms with Gasteiger partial charge < -0.3 is 15.1 Å². The summed E-state index contributed by atoms with van der Waals surface area (Å²) >= 11 is 0. The van der Waals surface area contributed by atoms with Crippen LogP contribution in [0.5, 0.6) is 0 Å². The zero-order valence-corrected chi connectivity index (χ0v) is 12.8. The highest BCUT2D eigenvalue weighted by Crippen LogP contribution is 2.23. The van der Waals surface area contributed by atoms with Crippen molar-refractivity contribution in [2.24, 2.45) is 0 Å². The van der Waals surface area contributed by atoms with Crippen LogP contribution in [-0.4, -0.2) is 51.3 Å². The van der Waals surface area contributed by atoms with E-state index < -0.39 is 12.2 Å². The number of hydrogen-bond acceptors (Lipinski definition) is 4. The number of β-amino-alcohol motifs (C(OH)–C–C–N with tert-alkyl or cyclic N) is 1. The van der Waals surface area contributed by atoms with Crippen LogP contribution in [0.4, 0.5) is 0 Å². The summed E-state index contributed by atoms with van der Waals surface area (Å²) in [6.07, 6.45) is -1.23. The van der Waals surface area contributed by atoms with E-state index in [2.05, 4.69) is 4.98 Å². The van der Waals surface area contributed by atoms with Gasteiger partial charge in [0.25, 0.3) is 5.91 Å². The lowest BCUT2D eigenvalue weighted by Gasteiger charge is -2.33. The van der Waals surface area contributed by atoms with Crippen LogP contribution in [0.25, 0.3) is 10.9 Å². The summed E-state index contributed by atoms with van der Waals surface area (Å²) in [5.41, 5.74) is 3.26. The molecule has 0 saturated carbocycles. The molecule has 0 aliphatic carbocycles. The summed E-state index contributed by atoms with van der Waals surface area (Å²) in [6.45, 7) is 4.46. The Labute approximate surface area is 129 Å². The monoisotopic (exact) mass is 300 g/mol. The molecule has 1 aliphatic rings. The number of aliphatic hydroxyl groups is 2. The number of likely N-dealkylation sites (tertiary alicyclic amines) is 1. The molecule has 0 bridgehead atoms. The van der Waals surface area contributed by atoms with E-state index in [1.165, 1.54) is 0 Å². The molecular formula is C17H20N2O3. The number of benzene rings is 1. The lowest BCUT2D eigenvalue weighted by atomic mass is 10.0. The Hall–Kier alpha value is -1.98. The van der Waals surface area contributed by atoms with Crippen LogP contribution in [0, 0.1) is 13.8 Å². The molecule has 3 rings (SSSR count). The van der Waals surface area contributed by atoms with E-state index in [-0.39, 0.29) is 12.5 Å². The third-order valence-corrected chi connectivity index (χ3v) is 4.16. The molecule has 22 heavy (non-hydrogen) atoms. The van der Waals surface area contributed by atoms with Gasteiger partial charge in [-0.3, -0.25) is 9.78 Å². The molecule has 1 amide bonds. The van der Waals surface area contributed by atoms with E-state index in [1.54, 1.807) is 11.0 Å². The fourth-order valence-corrected chi connectivity index (χ4v) is 2.92. The first kappa shape index (κ1) is 14.9. The Kier molecular flexibility index (Phi) is 3.85. The van der Waals surface area contributed by atoms with Crippen molar-refractivity contribution >= 4 is 16.8 Å². The number of aromatic nitrogens is 1. The highest BCUT2D eigenvalue weighted by Gasteiger charge is 2.30. The summed E-state index contributed by atoms with van der Waals surface area (Å²) in [6, 6.07) is 7.65. The quantitative estimate of drug-likeness (QED) is 0.835. The normalized spacial score (nSPS) is 22.1. The second-order valence-corrected chi connectivity index (χ2v) is 6.01. The SMILES string of the molecule is Cc1ccc2nc(C)cc(C(=O)N3CC[C@@H](O)[C@H](O)C3)c2c1. The maximum Gasteiger partial charge on any atom is 0.254 e. The van der Waals surface area contributed by atoms with Crippen LogP contribution >= 0.6 is 0 Å². The van der Waals surface area contributed by atoms with E-state index in [9.17, 15) is 15.0 Å². The number of carbonyl (C=O) groups excluding carboxylic acids is 1. The molecule has 116 valence electrons. The number of fused-ring (bicyclic) bond motifs is 1. The Morgan fingerprint density at radius 2 is 2.00 bits per heavy atom. The third-order valence-electron chi connectivity index (χ3n) is 4.16. The minimum Gasteiger partial charge on any atom is -0.390 e. The fourth-order valence-electron chi connectivity index (χ4n) is 2.92. The predicted octanol–water partition coefficient (Wildman–Crippen LogP) is 1.42. The molecule has 2 heterocycles. The molecule has 2 aromatic rings. The van der Waals surface area contributed by atoms with Crippen LogP contribution in [0.1, 0.15) is 28.0 Å². The zero-order chi connectivity index (χ0) is 15.9. The van der Waals surface area contributed by atoms with Gasteiger partial charge in [0.15, 0.2) is 0 Å². The van der Waals surface area contributed by atoms with Crippen molar-refractivity contribution in [3.8, 4) is 0 Å². The van der Waals surface area contributed by atoms with E-state index in [4.69, 9.17) is 0 Å². The van der Waals surface area contributed by atoms with Gasteiger partial charge in [-0.1, -0.05) is 11.6 Å². The van der Waals surface area contributed by atoms with Gasteiger partial charge >= 0.3 is 0 Å². The molecule has 5 nitrogen and oxygen atoms in total. The van der Waals surface area contributed by atoms with Gasteiger partial charge in [-0.2, -0.15) is 0 Å². The topological polar surface area (TPSA) is 73.7 Å². The lowest BCUT2D eigenvalue weighted by Crippen LogP contribution is -2.49. The maximum absolute atomic E-state index is 12.8. The van der Waals surface area contributed by atoms with Crippen LogP contribution in [-0.2, 0) is 0 Å². The second-order valence-electron chi connectivity index (χ2n) is 6.01. The highest BCUT2D eigenvalue weighted by atomic mass is 16.3. The van der Waals surface area contributed by atoms with E-state index >= 15 is 0 Å². The van der Waals surface area contributed by atoms with Crippen molar-refractivity contribution in [1.82, 2.24) is 9.88 Å². The zero-order valence-electron chi connectivity index (χ0n) is 12.8. The smallest absolute Gasteiger partial charge is 0.254 e. The van der Waals surface area contributed by atoms with Crippen molar-refractivity contribution < 1.29 is 15.0 Å². The first-order chi connectivity index (χ1) is 10.5. The number of carbonyl (C=O) groups is 1. The van der Waals surface area contributed by atoms with Crippen LogP contribution < -0.4 is 0 Å². The number of hydrogen-bond donors (Lipinski definition) is 2. The molecule has 5 heteroatoms. The summed E-state index contributed by atoms with van der Waals surface area (Å²) in [5, 5.41) is 20.2. The van der Waals surface area contributed by atoms with Crippen molar-refractivity contribution in [3.63, 3.8) is 0 Å². The molecule has 0 radical (unpaired) electrons. The minimum atomic E-state index is -0.881. The fraction of sp³-hybridized carbons (Fsp3) is 0.412. The molecule has 1 aromatic heterocycles. The van der Waals surface area contributed by atoms with Crippen molar-refractivity contribution in [2.75, 3.05) is 13.1 Å². The van der Waals surface area contributed by atoms with E-state index in [0.717, 1.165) is 22.2 Å². The molecule has 1 fully saturated rings. The van der Waals surface area contributed by atoms with Gasteiger partial charge in [-0.05, 0) is 38.5 Å². The number of aliphatic hydroxyl groups excluding tert-OH is 2. The molecule has 1 aliphatic heterocycles. The standard InChI is InChI=1S/C17H20N2O3/c1-10-3-4-14-12(7-10)13(8-11(2)18-14)17(22)19-6-5-15(20)16(21)9-19/h3-4,7-8,15-16,20-21H,5-6,9H2,1-2H3/t15-,16-/m1/s1. The number of pyridine rings is 1. The highest BCUT2D eigenvalue weighted by molar-refractivity contribution is 6.06. The average molecular weight is 300 g/mol. The molecule has 1 aromatic carbocycles. The Bertz CT molecular complexity index is 729. The van der Waals surface area contributed by atoms with E-state index in [1.807, 2.05) is 32.0 Å². The molecule has 0 spiro atoms. The maximum atomic E-state index is 12.8. The number of amides is 1. The van der Waals surface area contributed by atoms with E-state index in [0.29, 0.717) is 18.5 Å². The predicted molar refractivity (Wildman–Crippen MR) is 83.8 cm³/mol. The van der Waals surface area contributed by atoms with Crippen molar-refractivity contribution in [3.05, 3.63) is 41.1 Å². The Balaban J connectivity index is 2.02. The summed E-state index contributed by atoms with van der Waals surface area (Å²) < 4.78 is 0.